The second-order valence-corrected chi connectivity index (χ2v) is 34.8. The molecule has 0 aromatic rings. The van der Waals surface area contributed by atoms with E-state index >= 15 is 0 Å². The molecule has 0 amide bonds. The first-order valence-corrected chi connectivity index (χ1v) is 48.7. The van der Waals surface area contributed by atoms with E-state index in [1.165, 1.54) is 302 Å². The van der Waals surface area contributed by atoms with E-state index in [-0.39, 0.29) is 25.7 Å². The molecule has 0 aliphatic carbocycles. The minimum atomic E-state index is -4.97. The number of hydrogen-bond donors (Lipinski definition) is 3. The maximum Gasteiger partial charge on any atom is 0.472 e. The SMILES string of the molecule is CCCCCCCCCCCCCCCCCCCCCCCC(=O)O[C@H](COC(=O)CCCCCCCCCCCCCCCCCCC)COP(=O)(O)OC[C@@H](O)COP(=O)(O)OC[C@@H](COC(=O)CCCCCCCCCCC(C)CC)OC(=O)CCCCCCCCCCCCCCCCCCC. The van der Waals surface area contributed by atoms with Crippen LogP contribution in [-0.2, 0) is 65.4 Å². The zero-order chi connectivity index (χ0) is 78.3. The van der Waals surface area contributed by atoms with Crippen LogP contribution in [0.25, 0.3) is 0 Å². The van der Waals surface area contributed by atoms with Crippen molar-refractivity contribution in [3.8, 4) is 0 Å². The van der Waals surface area contributed by atoms with Gasteiger partial charge < -0.3 is 33.8 Å². The molecule has 0 saturated heterocycles. The number of rotatable bonds is 88. The van der Waals surface area contributed by atoms with Crippen molar-refractivity contribution >= 4 is 39.5 Å². The molecule has 3 unspecified atom stereocenters. The van der Waals surface area contributed by atoms with Crippen LogP contribution in [0.4, 0.5) is 0 Å². The molecule has 0 aliphatic heterocycles. The Hall–Kier alpha value is -1.94. The van der Waals surface area contributed by atoms with Crippen LogP contribution >= 0.6 is 15.6 Å². The van der Waals surface area contributed by atoms with Crippen LogP contribution in [0.2, 0.25) is 0 Å². The fourth-order valence-electron chi connectivity index (χ4n) is 13.8. The van der Waals surface area contributed by atoms with Gasteiger partial charge in [0.2, 0.25) is 0 Å². The lowest BCUT2D eigenvalue weighted by atomic mass is 9.99. The van der Waals surface area contributed by atoms with E-state index < -0.39 is 97.5 Å². The Morgan fingerprint density at radius 1 is 0.262 bits per heavy atom. The number of hydrogen-bond acceptors (Lipinski definition) is 15. The highest BCUT2D eigenvalue weighted by atomic mass is 31.2. The van der Waals surface area contributed by atoms with E-state index in [1.807, 2.05) is 0 Å². The summed E-state index contributed by atoms with van der Waals surface area (Å²) in [6.07, 6.45) is 75.0. The molecular formula is C88H172O17P2. The minimum absolute atomic E-state index is 0.109. The summed E-state index contributed by atoms with van der Waals surface area (Å²) >= 11 is 0. The monoisotopic (exact) mass is 1560 g/mol. The first-order chi connectivity index (χ1) is 52.1. The molecular weight excluding hydrogens is 1390 g/mol. The zero-order valence-electron chi connectivity index (χ0n) is 70.3. The third kappa shape index (κ3) is 80.5. The smallest absolute Gasteiger partial charge is 0.462 e. The molecule has 0 heterocycles. The zero-order valence-corrected chi connectivity index (χ0v) is 72.1. The van der Waals surface area contributed by atoms with Gasteiger partial charge in [0.25, 0.3) is 0 Å². The average molecular weight is 1560 g/mol. The molecule has 0 aromatic heterocycles. The van der Waals surface area contributed by atoms with Gasteiger partial charge in [-0.05, 0) is 31.6 Å². The third-order valence-corrected chi connectivity index (χ3v) is 23.0. The van der Waals surface area contributed by atoms with Crippen molar-refractivity contribution in [2.24, 2.45) is 5.92 Å². The van der Waals surface area contributed by atoms with Crippen molar-refractivity contribution in [3.63, 3.8) is 0 Å². The number of carbonyl (C=O) groups excluding carboxylic acids is 4. The molecule has 0 aromatic carbocycles. The Balaban J connectivity index is 5.25. The summed E-state index contributed by atoms with van der Waals surface area (Å²) in [5.74, 6) is -1.32. The van der Waals surface area contributed by atoms with E-state index in [0.29, 0.717) is 25.7 Å². The third-order valence-electron chi connectivity index (χ3n) is 21.1. The average Bonchev–Trinajstić information content (AvgIpc) is 1.06. The Morgan fingerprint density at radius 3 is 0.664 bits per heavy atom. The highest BCUT2D eigenvalue weighted by molar-refractivity contribution is 7.47. The van der Waals surface area contributed by atoms with Gasteiger partial charge >= 0.3 is 39.5 Å². The van der Waals surface area contributed by atoms with Crippen LogP contribution in [0.3, 0.4) is 0 Å². The predicted molar refractivity (Wildman–Crippen MR) is 442 cm³/mol. The van der Waals surface area contributed by atoms with E-state index in [9.17, 15) is 43.2 Å². The first kappa shape index (κ1) is 105. The second kappa shape index (κ2) is 80.7. The van der Waals surface area contributed by atoms with Gasteiger partial charge in [0, 0.05) is 25.7 Å². The van der Waals surface area contributed by atoms with Gasteiger partial charge in [-0.1, -0.05) is 426 Å². The summed E-state index contributed by atoms with van der Waals surface area (Å²) in [4.78, 5) is 73.3. The lowest BCUT2D eigenvalue weighted by Gasteiger charge is -2.21. The number of unbranched alkanes of at least 4 members (excludes halogenated alkanes) is 59. The Labute approximate surface area is 658 Å². The van der Waals surface area contributed by atoms with Crippen LogP contribution in [0.5, 0.6) is 0 Å². The molecule has 6 atom stereocenters. The summed E-state index contributed by atoms with van der Waals surface area (Å²) in [7, 11) is -9.93. The number of phosphoric acid groups is 2. The second-order valence-electron chi connectivity index (χ2n) is 31.9. The Morgan fingerprint density at radius 2 is 0.449 bits per heavy atom. The van der Waals surface area contributed by atoms with Crippen LogP contribution in [0.15, 0.2) is 0 Å². The number of aliphatic hydroxyl groups is 1. The maximum absolute atomic E-state index is 13.2. The summed E-state index contributed by atoms with van der Waals surface area (Å²) in [5, 5.41) is 10.7. The van der Waals surface area contributed by atoms with Gasteiger partial charge in [-0.3, -0.25) is 37.3 Å². The largest absolute Gasteiger partial charge is 0.472 e. The van der Waals surface area contributed by atoms with Crippen LogP contribution in [0.1, 0.15) is 478 Å². The van der Waals surface area contributed by atoms with Gasteiger partial charge in [0.1, 0.15) is 19.3 Å². The molecule has 0 spiro atoms. The quantitative estimate of drug-likeness (QED) is 0.0222. The fraction of sp³-hybridized carbons (Fsp3) is 0.955. The van der Waals surface area contributed by atoms with E-state index in [1.54, 1.807) is 0 Å². The molecule has 107 heavy (non-hydrogen) atoms. The number of ether oxygens (including phenoxy) is 4. The standard InChI is InChI=1S/C88H172O17P2/c1-6-10-13-16-19-22-25-28-31-34-35-36-37-40-43-46-49-52-59-64-69-73-87(92)104-83(77-98-85(90)71-66-61-56-50-47-44-41-38-32-29-26-23-20-17-14-11-7-2)79-102-106(94,95)100-75-82(89)76-101-107(96,97)103-80-84(78-99-86(91)72-67-62-57-54-53-55-60-65-70-81(5)9-4)105-88(93)74-68-63-58-51-48-45-42-39-33-30-27-24-21-18-15-12-8-3/h81-84,89H,6-80H2,1-5H3,(H,94,95)(H,96,97)/t81?,82-,83-,84-/m1/s1. The van der Waals surface area contributed by atoms with E-state index in [2.05, 4.69) is 34.6 Å². The highest BCUT2D eigenvalue weighted by Gasteiger charge is 2.30. The highest BCUT2D eigenvalue weighted by Crippen LogP contribution is 2.45. The molecule has 0 radical (unpaired) electrons. The topological polar surface area (TPSA) is 237 Å². The summed E-state index contributed by atoms with van der Waals surface area (Å²) < 4.78 is 69.0. The molecule has 0 aliphatic rings. The molecule has 0 saturated carbocycles. The van der Waals surface area contributed by atoms with Gasteiger partial charge in [-0.2, -0.15) is 0 Å². The van der Waals surface area contributed by atoms with Crippen LogP contribution in [0, 0.1) is 5.92 Å². The van der Waals surface area contributed by atoms with Crippen molar-refractivity contribution in [1.29, 1.82) is 0 Å². The van der Waals surface area contributed by atoms with Gasteiger partial charge in [-0.15, -0.1) is 0 Å². The van der Waals surface area contributed by atoms with Gasteiger partial charge in [0.05, 0.1) is 26.4 Å². The van der Waals surface area contributed by atoms with E-state index in [0.717, 1.165) is 95.8 Å². The van der Waals surface area contributed by atoms with Crippen molar-refractivity contribution < 1.29 is 80.2 Å². The molecule has 0 fully saturated rings. The molecule has 3 N–H and O–H groups in total. The summed E-state index contributed by atoms with van der Waals surface area (Å²) in [5.41, 5.74) is 0. The lowest BCUT2D eigenvalue weighted by Crippen LogP contribution is -2.30. The lowest BCUT2D eigenvalue weighted by molar-refractivity contribution is -0.161. The van der Waals surface area contributed by atoms with Gasteiger partial charge in [-0.25, -0.2) is 9.13 Å². The maximum atomic E-state index is 13.2. The number of carbonyl (C=O) groups is 4. The summed E-state index contributed by atoms with van der Waals surface area (Å²) in [6, 6.07) is 0. The number of aliphatic hydroxyl groups excluding tert-OH is 1. The van der Waals surface area contributed by atoms with Crippen molar-refractivity contribution in [2.75, 3.05) is 39.6 Å². The molecule has 0 bridgehead atoms. The fourth-order valence-corrected chi connectivity index (χ4v) is 15.4. The normalized spacial score (nSPS) is 14.0. The molecule has 636 valence electrons. The predicted octanol–water partition coefficient (Wildman–Crippen LogP) is 27.2. The van der Waals surface area contributed by atoms with Crippen molar-refractivity contribution in [2.45, 2.75) is 496 Å². The number of esters is 4. The Bertz CT molecular complexity index is 2030. The van der Waals surface area contributed by atoms with Gasteiger partial charge in [0.15, 0.2) is 12.2 Å². The van der Waals surface area contributed by atoms with Crippen LogP contribution < -0.4 is 0 Å². The minimum Gasteiger partial charge on any atom is -0.462 e. The molecule has 17 nitrogen and oxygen atoms in total. The van der Waals surface area contributed by atoms with Crippen molar-refractivity contribution in [1.82, 2.24) is 0 Å². The summed E-state index contributed by atoms with van der Waals surface area (Å²) in [6.45, 7) is 7.38. The first-order valence-electron chi connectivity index (χ1n) is 45.7. The Kier molecular flexibility index (Phi) is 79.2. The van der Waals surface area contributed by atoms with Crippen molar-refractivity contribution in [3.05, 3.63) is 0 Å². The van der Waals surface area contributed by atoms with Crippen LogP contribution in [-0.4, -0.2) is 96.7 Å². The molecule has 19 heteroatoms. The van der Waals surface area contributed by atoms with E-state index in [4.69, 9.17) is 37.0 Å². The number of phosphoric ester groups is 2. The molecule has 0 rings (SSSR count).